The number of benzene rings is 1. The molecule has 19 heavy (non-hydrogen) atoms. The smallest absolute Gasteiger partial charge is 0.394 e. The molecule has 1 aromatic carbocycles. The Morgan fingerprint density at radius 2 is 1.74 bits per heavy atom. The maximum atomic E-state index is 12.5. The van der Waals surface area contributed by atoms with Crippen LogP contribution in [0.5, 0.6) is 0 Å². The molecule has 0 spiro atoms. The largest absolute Gasteiger partial charge is 0.431 e. The lowest BCUT2D eigenvalue weighted by Gasteiger charge is -2.12. The van der Waals surface area contributed by atoms with Gasteiger partial charge in [0, 0.05) is 16.9 Å². The minimum atomic E-state index is -4.76. The molecule has 0 unspecified atom stereocenters. The molecule has 0 fully saturated rings. The van der Waals surface area contributed by atoms with Crippen LogP contribution < -0.4 is 11.5 Å². The molecule has 3 nitrogen and oxygen atoms in total. The molecular weight excluding hydrogens is 277 g/mol. The number of nitrogens with two attached hydrogens (primary N) is 2. The molecule has 0 aromatic heterocycles. The molecule has 7 heteroatoms. The monoisotopic (exact) mass is 290 g/mol. The first kappa shape index (κ1) is 15.4. The number of hydrogen-bond acceptors (Lipinski definition) is 3. The van der Waals surface area contributed by atoms with Gasteiger partial charge in [-0.1, -0.05) is 12.1 Å². The highest BCUT2D eigenvalue weighted by Crippen LogP contribution is 2.26. The summed E-state index contributed by atoms with van der Waals surface area (Å²) in [6.07, 6.45) is -3.12. The van der Waals surface area contributed by atoms with E-state index in [2.05, 4.69) is 0 Å². The minimum Gasteiger partial charge on any atom is -0.394 e. The Morgan fingerprint density at radius 1 is 1.21 bits per heavy atom. The number of rotatable bonds is 4. The van der Waals surface area contributed by atoms with Crippen molar-refractivity contribution in [2.75, 3.05) is 6.26 Å². The van der Waals surface area contributed by atoms with Crippen molar-refractivity contribution >= 4 is 17.7 Å². The van der Waals surface area contributed by atoms with Crippen LogP contribution in [0, 0.1) is 0 Å². The number of allylic oxidation sites excluding steroid dienone is 1. The molecule has 0 radical (unpaired) electrons. The lowest BCUT2D eigenvalue weighted by atomic mass is 10.0. The van der Waals surface area contributed by atoms with E-state index < -0.39 is 23.4 Å². The van der Waals surface area contributed by atoms with Crippen LogP contribution in [0.4, 0.5) is 13.2 Å². The first-order valence-electron chi connectivity index (χ1n) is 5.24. The lowest BCUT2D eigenvalue weighted by Crippen LogP contribution is -2.28. The minimum absolute atomic E-state index is 0.241. The van der Waals surface area contributed by atoms with E-state index in [4.69, 9.17) is 11.5 Å². The molecule has 4 N–H and O–H groups in total. The van der Waals surface area contributed by atoms with Crippen molar-refractivity contribution in [2.45, 2.75) is 17.5 Å². The second-order valence-electron chi connectivity index (χ2n) is 3.78. The average molecular weight is 290 g/mol. The van der Waals surface area contributed by atoms with Crippen LogP contribution in [-0.2, 0) is 11.2 Å². The Kier molecular flexibility index (Phi) is 4.88. The maximum absolute atomic E-state index is 12.5. The summed E-state index contributed by atoms with van der Waals surface area (Å²) in [7, 11) is 0. The van der Waals surface area contributed by atoms with E-state index in [0.717, 1.165) is 4.90 Å². The molecular formula is C12H13F3N2OS. The summed E-state index contributed by atoms with van der Waals surface area (Å²) in [6.45, 7) is 0. The van der Waals surface area contributed by atoms with Crippen molar-refractivity contribution in [1.82, 2.24) is 0 Å². The molecule has 0 aliphatic heterocycles. The summed E-state index contributed by atoms with van der Waals surface area (Å²) in [5, 5.41) is 0. The number of primary amides is 1. The number of hydrogen-bond donors (Lipinski definition) is 2. The van der Waals surface area contributed by atoms with E-state index in [9.17, 15) is 18.0 Å². The van der Waals surface area contributed by atoms with Crippen molar-refractivity contribution in [3.05, 3.63) is 41.1 Å². The van der Waals surface area contributed by atoms with E-state index in [1.807, 2.05) is 6.26 Å². The number of halogens is 3. The number of amides is 1. The van der Waals surface area contributed by atoms with Gasteiger partial charge in [-0.3, -0.25) is 4.79 Å². The van der Waals surface area contributed by atoms with Gasteiger partial charge in [0.1, 0.15) is 5.70 Å². The second kappa shape index (κ2) is 6.01. The Hall–Kier alpha value is -1.63. The lowest BCUT2D eigenvalue weighted by molar-refractivity contribution is -0.116. The van der Waals surface area contributed by atoms with Crippen molar-refractivity contribution in [3.63, 3.8) is 0 Å². The van der Waals surface area contributed by atoms with Crippen LogP contribution in [-0.4, -0.2) is 18.3 Å². The highest BCUT2D eigenvalue weighted by Gasteiger charge is 2.35. The van der Waals surface area contributed by atoms with E-state index in [-0.39, 0.29) is 6.42 Å². The molecule has 0 saturated carbocycles. The maximum Gasteiger partial charge on any atom is 0.431 e. The molecule has 1 amide bonds. The second-order valence-corrected chi connectivity index (χ2v) is 4.66. The van der Waals surface area contributed by atoms with Gasteiger partial charge in [0.2, 0.25) is 5.91 Å². The van der Waals surface area contributed by atoms with Gasteiger partial charge < -0.3 is 11.5 Å². The van der Waals surface area contributed by atoms with Gasteiger partial charge in [0.05, 0.1) is 0 Å². The Balaban J connectivity index is 3.06. The van der Waals surface area contributed by atoms with Crippen molar-refractivity contribution < 1.29 is 18.0 Å². The topological polar surface area (TPSA) is 69.1 Å². The highest BCUT2D eigenvalue weighted by molar-refractivity contribution is 7.98. The summed E-state index contributed by atoms with van der Waals surface area (Å²) in [5.41, 5.74) is 8.39. The molecule has 0 heterocycles. The molecule has 0 atom stereocenters. The van der Waals surface area contributed by atoms with Gasteiger partial charge >= 0.3 is 6.18 Å². The molecule has 0 aliphatic carbocycles. The van der Waals surface area contributed by atoms with Crippen LogP contribution in [0.15, 0.2) is 40.4 Å². The molecule has 1 aromatic rings. The normalized spacial score (nSPS) is 13.1. The zero-order valence-corrected chi connectivity index (χ0v) is 10.9. The van der Waals surface area contributed by atoms with Crippen LogP contribution in [0.2, 0.25) is 0 Å². The third-order valence-electron chi connectivity index (χ3n) is 2.47. The number of carbonyl (C=O) groups is 1. The summed E-state index contributed by atoms with van der Waals surface area (Å²) in [6, 6.07) is 6.78. The van der Waals surface area contributed by atoms with Gasteiger partial charge in [0.15, 0.2) is 0 Å². The fraction of sp³-hybridized carbons (Fsp3) is 0.250. The van der Waals surface area contributed by atoms with Crippen LogP contribution in [0.3, 0.4) is 0 Å². The van der Waals surface area contributed by atoms with Crippen LogP contribution >= 0.6 is 11.8 Å². The molecule has 0 aliphatic rings. The summed E-state index contributed by atoms with van der Waals surface area (Å²) in [5.74, 6) is -1.16. The van der Waals surface area contributed by atoms with Crippen molar-refractivity contribution in [3.8, 4) is 0 Å². The number of alkyl halides is 3. The van der Waals surface area contributed by atoms with E-state index in [0.29, 0.717) is 5.56 Å². The predicted molar refractivity (Wildman–Crippen MR) is 68.4 cm³/mol. The van der Waals surface area contributed by atoms with Gasteiger partial charge in [-0.2, -0.15) is 13.2 Å². The first-order chi connectivity index (χ1) is 8.75. The quantitative estimate of drug-likeness (QED) is 0.660. The van der Waals surface area contributed by atoms with Crippen molar-refractivity contribution in [2.24, 2.45) is 11.5 Å². The van der Waals surface area contributed by atoms with Gasteiger partial charge in [-0.25, -0.2) is 0 Å². The van der Waals surface area contributed by atoms with E-state index in [1.165, 1.54) is 11.8 Å². The molecule has 0 saturated heterocycles. The van der Waals surface area contributed by atoms with E-state index in [1.54, 1.807) is 24.3 Å². The summed E-state index contributed by atoms with van der Waals surface area (Å²) >= 11 is 1.50. The van der Waals surface area contributed by atoms with Gasteiger partial charge in [0.25, 0.3) is 0 Å². The fourth-order valence-electron chi connectivity index (χ4n) is 1.43. The number of thioether (sulfide) groups is 1. The third-order valence-corrected chi connectivity index (χ3v) is 3.21. The summed E-state index contributed by atoms with van der Waals surface area (Å²) < 4.78 is 37.5. The zero-order chi connectivity index (χ0) is 14.6. The van der Waals surface area contributed by atoms with Gasteiger partial charge in [-0.05, 0) is 24.0 Å². The third kappa shape index (κ3) is 4.20. The first-order valence-corrected chi connectivity index (χ1v) is 6.46. The SMILES string of the molecule is CSc1ccc(C/C(C(N)=O)=C(/N)C(F)(F)F)cc1. The number of carbonyl (C=O) groups excluding carboxylic acids is 1. The highest BCUT2D eigenvalue weighted by atomic mass is 32.2. The Bertz CT molecular complexity index is 495. The predicted octanol–water partition coefficient (Wildman–Crippen LogP) is 2.21. The Labute approximate surface area is 112 Å². The van der Waals surface area contributed by atoms with Crippen LogP contribution in [0.1, 0.15) is 5.56 Å². The van der Waals surface area contributed by atoms with E-state index >= 15 is 0 Å². The molecule has 1 rings (SSSR count). The fourth-order valence-corrected chi connectivity index (χ4v) is 1.84. The molecule has 0 bridgehead atoms. The van der Waals surface area contributed by atoms with Crippen LogP contribution in [0.25, 0.3) is 0 Å². The standard InChI is InChI=1S/C12H13F3N2OS/c1-19-8-4-2-7(3-5-8)6-9(11(17)18)10(16)12(13,14)15/h2-5H,6,16H2,1H3,(H2,17,18)/b10-9-. The van der Waals surface area contributed by atoms with Gasteiger partial charge in [-0.15, -0.1) is 11.8 Å². The Morgan fingerprint density at radius 3 is 2.11 bits per heavy atom. The molecule has 104 valence electrons. The van der Waals surface area contributed by atoms with Crippen molar-refractivity contribution in [1.29, 1.82) is 0 Å². The average Bonchev–Trinajstić information content (AvgIpc) is 2.34. The summed E-state index contributed by atoms with van der Waals surface area (Å²) in [4.78, 5) is 12.1. The zero-order valence-electron chi connectivity index (χ0n) is 10.1.